The number of hydrogen-bond acceptors (Lipinski definition) is 3. The minimum absolute atomic E-state index is 0.0176. The molecule has 0 spiro atoms. The summed E-state index contributed by atoms with van der Waals surface area (Å²) in [6, 6.07) is 11.5. The first-order valence-electron chi connectivity index (χ1n) is 8.14. The normalized spacial score (nSPS) is 14.5. The number of carbonyl (C=O) groups is 1. The van der Waals surface area contributed by atoms with E-state index in [-0.39, 0.29) is 11.9 Å². The summed E-state index contributed by atoms with van der Waals surface area (Å²) in [5, 5.41) is 0. The number of hydrogen-bond donors (Lipinski definition) is 0. The van der Waals surface area contributed by atoms with E-state index in [9.17, 15) is 4.79 Å². The van der Waals surface area contributed by atoms with Gasteiger partial charge < -0.3 is 9.64 Å². The van der Waals surface area contributed by atoms with E-state index >= 15 is 0 Å². The molecule has 0 radical (unpaired) electrons. The van der Waals surface area contributed by atoms with Crippen molar-refractivity contribution in [2.24, 2.45) is 0 Å². The summed E-state index contributed by atoms with van der Waals surface area (Å²) in [4.78, 5) is 19.1. The molecule has 1 aliphatic rings. The highest BCUT2D eigenvalue weighted by Gasteiger charge is 2.23. The van der Waals surface area contributed by atoms with Crippen molar-refractivity contribution in [3.05, 3.63) is 59.4 Å². The summed E-state index contributed by atoms with van der Waals surface area (Å²) in [7, 11) is 1.85. The molecule has 1 aliphatic heterocycles. The Hall–Kier alpha value is -2.36. The van der Waals surface area contributed by atoms with E-state index in [4.69, 9.17) is 4.74 Å². The highest BCUT2D eigenvalue weighted by atomic mass is 16.5. The number of pyridine rings is 1. The second-order valence-corrected chi connectivity index (χ2v) is 5.87. The van der Waals surface area contributed by atoms with E-state index in [0.717, 1.165) is 42.9 Å². The number of rotatable bonds is 4. The molecular weight excluding hydrogens is 288 g/mol. The van der Waals surface area contributed by atoms with Gasteiger partial charge in [0.15, 0.2) is 0 Å². The van der Waals surface area contributed by atoms with Crippen LogP contribution in [0.15, 0.2) is 42.6 Å². The van der Waals surface area contributed by atoms with Crippen molar-refractivity contribution in [2.75, 3.05) is 13.7 Å². The van der Waals surface area contributed by atoms with E-state index < -0.39 is 0 Å². The first-order valence-corrected chi connectivity index (χ1v) is 8.14. The molecule has 0 saturated heterocycles. The maximum Gasteiger partial charge on any atom is 0.254 e. The first kappa shape index (κ1) is 15.5. The molecule has 0 N–H and O–H groups in total. The first-order chi connectivity index (χ1) is 11.2. The fourth-order valence-corrected chi connectivity index (χ4v) is 3.09. The van der Waals surface area contributed by atoms with Crippen LogP contribution < -0.4 is 4.74 Å². The number of fused-ring (bicyclic) bond motifs is 1. The van der Waals surface area contributed by atoms with Gasteiger partial charge in [-0.3, -0.25) is 9.78 Å². The molecule has 4 nitrogen and oxygen atoms in total. The second-order valence-electron chi connectivity index (χ2n) is 5.87. The Balaban J connectivity index is 1.84. The molecule has 1 aromatic heterocycles. The lowest BCUT2D eigenvalue weighted by molar-refractivity contribution is 0.0722. The molecule has 2 aromatic rings. The van der Waals surface area contributed by atoms with Crippen molar-refractivity contribution in [3.63, 3.8) is 0 Å². The summed E-state index contributed by atoms with van der Waals surface area (Å²) in [5.74, 6) is 0.933. The van der Waals surface area contributed by atoms with Gasteiger partial charge in [-0.1, -0.05) is 13.0 Å². The molecule has 0 aliphatic carbocycles. The third kappa shape index (κ3) is 3.21. The zero-order valence-electron chi connectivity index (χ0n) is 13.7. The fraction of sp³-hybridized carbons (Fsp3) is 0.368. The van der Waals surface area contributed by atoms with Gasteiger partial charge in [-0.2, -0.15) is 0 Å². The number of ether oxygens (including phenoxy) is 1. The predicted octanol–water partition coefficient (Wildman–Crippen LogP) is 3.63. The van der Waals surface area contributed by atoms with Crippen LogP contribution in [0.1, 0.15) is 47.4 Å². The van der Waals surface area contributed by atoms with Crippen LogP contribution in [0, 0.1) is 0 Å². The molecular formula is C19H22N2O2. The Labute approximate surface area is 137 Å². The third-order valence-corrected chi connectivity index (χ3v) is 4.36. The van der Waals surface area contributed by atoms with Crippen LogP contribution in [0.3, 0.4) is 0 Å². The van der Waals surface area contributed by atoms with E-state index in [2.05, 4.69) is 11.9 Å². The summed E-state index contributed by atoms with van der Waals surface area (Å²) >= 11 is 0. The van der Waals surface area contributed by atoms with Crippen molar-refractivity contribution in [3.8, 4) is 5.75 Å². The quantitative estimate of drug-likeness (QED) is 0.866. The van der Waals surface area contributed by atoms with Crippen LogP contribution in [0.25, 0.3) is 0 Å². The highest BCUT2D eigenvalue weighted by Crippen LogP contribution is 2.28. The van der Waals surface area contributed by atoms with Crippen LogP contribution in [0.2, 0.25) is 0 Å². The molecule has 1 atom stereocenters. The Kier molecular flexibility index (Phi) is 4.60. The number of carbonyl (C=O) groups excluding carboxylic acids is 1. The average molecular weight is 310 g/mol. The molecule has 1 aromatic carbocycles. The molecule has 4 heteroatoms. The molecule has 23 heavy (non-hydrogen) atoms. The van der Waals surface area contributed by atoms with Crippen molar-refractivity contribution >= 4 is 5.91 Å². The molecule has 1 unspecified atom stereocenters. The minimum Gasteiger partial charge on any atom is -0.493 e. The summed E-state index contributed by atoms with van der Waals surface area (Å²) in [5.41, 5.74) is 2.76. The maximum absolute atomic E-state index is 12.9. The summed E-state index contributed by atoms with van der Waals surface area (Å²) < 4.78 is 5.62. The van der Waals surface area contributed by atoms with Gasteiger partial charge in [0.05, 0.1) is 18.3 Å². The lowest BCUT2D eigenvalue weighted by Crippen LogP contribution is -2.31. The maximum atomic E-state index is 12.9. The van der Waals surface area contributed by atoms with Gasteiger partial charge in [0.2, 0.25) is 0 Å². The summed E-state index contributed by atoms with van der Waals surface area (Å²) in [6.07, 6.45) is 4.57. The Morgan fingerprint density at radius 3 is 2.96 bits per heavy atom. The predicted molar refractivity (Wildman–Crippen MR) is 89.6 cm³/mol. The van der Waals surface area contributed by atoms with Crippen LogP contribution in [-0.4, -0.2) is 29.4 Å². The van der Waals surface area contributed by atoms with Crippen molar-refractivity contribution in [2.45, 2.75) is 32.2 Å². The van der Waals surface area contributed by atoms with Gasteiger partial charge in [-0.25, -0.2) is 0 Å². The SMILES string of the molecule is CCC(c1ccccn1)N(C)C(=O)c1ccc2c(c1)CCCO2. The minimum atomic E-state index is -0.0176. The number of benzene rings is 1. The van der Waals surface area contributed by atoms with Gasteiger partial charge in [0, 0.05) is 18.8 Å². The van der Waals surface area contributed by atoms with E-state index in [1.165, 1.54) is 0 Å². The highest BCUT2D eigenvalue weighted by molar-refractivity contribution is 5.94. The van der Waals surface area contributed by atoms with Crippen molar-refractivity contribution in [1.82, 2.24) is 9.88 Å². The topological polar surface area (TPSA) is 42.4 Å². The largest absolute Gasteiger partial charge is 0.493 e. The van der Waals surface area contributed by atoms with Gasteiger partial charge in [-0.15, -0.1) is 0 Å². The Morgan fingerprint density at radius 2 is 2.22 bits per heavy atom. The zero-order valence-corrected chi connectivity index (χ0v) is 13.7. The fourth-order valence-electron chi connectivity index (χ4n) is 3.09. The van der Waals surface area contributed by atoms with Gasteiger partial charge in [0.25, 0.3) is 5.91 Å². The smallest absolute Gasteiger partial charge is 0.254 e. The molecule has 0 bridgehead atoms. The molecule has 3 rings (SSSR count). The molecule has 120 valence electrons. The second kappa shape index (κ2) is 6.82. The number of amides is 1. The van der Waals surface area contributed by atoms with E-state index in [1.807, 2.05) is 43.4 Å². The number of nitrogens with zero attached hydrogens (tertiary/aromatic N) is 2. The third-order valence-electron chi connectivity index (χ3n) is 4.36. The van der Waals surface area contributed by atoms with Crippen molar-refractivity contribution in [1.29, 1.82) is 0 Å². The Bertz CT molecular complexity index is 685. The van der Waals surface area contributed by atoms with Crippen molar-refractivity contribution < 1.29 is 9.53 Å². The Morgan fingerprint density at radius 1 is 1.35 bits per heavy atom. The monoisotopic (exact) mass is 310 g/mol. The molecule has 0 fully saturated rings. The number of aromatic nitrogens is 1. The lowest BCUT2D eigenvalue weighted by Gasteiger charge is -2.27. The van der Waals surface area contributed by atoms with Gasteiger partial charge >= 0.3 is 0 Å². The average Bonchev–Trinajstić information content (AvgIpc) is 2.62. The van der Waals surface area contributed by atoms with Crippen LogP contribution >= 0.6 is 0 Å². The van der Waals surface area contributed by atoms with Crippen LogP contribution in [-0.2, 0) is 6.42 Å². The zero-order chi connectivity index (χ0) is 16.2. The van der Waals surface area contributed by atoms with Crippen LogP contribution in [0.4, 0.5) is 0 Å². The number of aryl methyl sites for hydroxylation is 1. The summed E-state index contributed by atoms with van der Waals surface area (Å²) in [6.45, 7) is 2.83. The van der Waals surface area contributed by atoms with Gasteiger partial charge in [-0.05, 0) is 55.2 Å². The van der Waals surface area contributed by atoms with Crippen LogP contribution in [0.5, 0.6) is 5.75 Å². The molecule has 2 heterocycles. The molecule has 1 amide bonds. The molecule has 0 saturated carbocycles. The van der Waals surface area contributed by atoms with E-state index in [1.54, 1.807) is 11.1 Å². The lowest BCUT2D eigenvalue weighted by atomic mass is 10.0. The van der Waals surface area contributed by atoms with E-state index in [0.29, 0.717) is 5.56 Å². The van der Waals surface area contributed by atoms with Gasteiger partial charge in [0.1, 0.15) is 5.75 Å². The standard InChI is InChI=1S/C19H22N2O2/c1-3-17(16-8-4-5-11-20-16)21(2)19(22)15-9-10-18-14(13-15)7-6-12-23-18/h4-5,8-11,13,17H,3,6-7,12H2,1-2H3.